The first kappa shape index (κ1) is 15.7. The van der Waals surface area contributed by atoms with Gasteiger partial charge in [0.05, 0.1) is 29.9 Å². The van der Waals surface area contributed by atoms with Gasteiger partial charge < -0.3 is 14.4 Å². The predicted octanol–water partition coefficient (Wildman–Crippen LogP) is 3.03. The summed E-state index contributed by atoms with van der Waals surface area (Å²) >= 11 is 0. The highest BCUT2D eigenvalue weighted by Crippen LogP contribution is 2.26. The van der Waals surface area contributed by atoms with Crippen LogP contribution < -0.4 is 4.90 Å². The molecule has 23 heavy (non-hydrogen) atoms. The van der Waals surface area contributed by atoms with Crippen molar-refractivity contribution in [1.82, 2.24) is 4.98 Å². The van der Waals surface area contributed by atoms with E-state index in [-0.39, 0.29) is 18.2 Å². The van der Waals surface area contributed by atoms with Crippen molar-refractivity contribution in [3.63, 3.8) is 0 Å². The third-order valence-electron chi connectivity index (χ3n) is 4.01. The molecular formula is C18H22N2O3. The van der Waals surface area contributed by atoms with Gasteiger partial charge in [0.2, 0.25) is 0 Å². The molecule has 5 nitrogen and oxygen atoms in total. The number of rotatable bonds is 3. The van der Waals surface area contributed by atoms with Gasteiger partial charge in [-0.2, -0.15) is 0 Å². The third-order valence-corrected chi connectivity index (χ3v) is 4.01. The van der Waals surface area contributed by atoms with E-state index < -0.39 is 0 Å². The fourth-order valence-corrected chi connectivity index (χ4v) is 3.11. The van der Waals surface area contributed by atoms with Crippen molar-refractivity contribution >= 4 is 22.6 Å². The Bertz CT molecular complexity index is 706. The number of carbonyl (C=O) groups excluding carboxylic acids is 1. The number of ether oxygens (including phenoxy) is 2. The molecule has 122 valence electrons. The van der Waals surface area contributed by atoms with E-state index in [2.05, 4.69) is 29.8 Å². The Morgan fingerprint density at radius 1 is 1.30 bits per heavy atom. The number of pyridine rings is 1. The minimum Gasteiger partial charge on any atom is -0.462 e. The Labute approximate surface area is 136 Å². The van der Waals surface area contributed by atoms with E-state index >= 15 is 0 Å². The lowest BCUT2D eigenvalue weighted by Gasteiger charge is -2.37. The Morgan fingerprint density at radius 3 is 2.74 bits per heavy atom. The second kappa shape index (κ2) is 6.54. The van der Waals surface area contributed by atoms with Gasteiger partial charge in [0, 0.05) is 30.4 Å². The van der Waals surface area contributed by atoms with Crippen molar-refractivity contribution < 1.29 is 14.3 Å². The molecule has 2 aromatic rings. The van der Waals surface area contributed by atoms with Gasteiger partial charge >= 0.3 is 5.97 Å². The molecule has 0 N–H and O–H groups in total. The molecule has 2 atom stereocenters. The summed E-state index contributed by atoms with van der Waals surface area (Å²) in [5.74, 6) is -0.305. The van der Waals surface area contributed by atoms with Gasteiger partial charge in [-0.05, 0) is 45.0 Å². The summed E-state index contributed by atoms with van der Waals surface area (Å²) in [5.41, 5.74) is 2.44. The van der Waals surface area contributed by atoms with E-state index in [4.69, 9.17) is 9.47 Å². The van der Waals surface area contributed by atoms with Gasteiger partial charge in [0.25, 0.3) is 0 Å². The maximum absolute atomic E-state index is 12.2. The Balaban J connectivity index is 2.00. The van der Waals surface area contributed by atoms with Gasteiger partial charge in [-0.1, -0.05) is 0 Å². The maximum Gasteiger partial charge on any atom is 0.338 e. The molecule has 5 heteroatoms. The number of benzene rings is 1. The number of hydrogen-bond donors (Lipinski definition) is 0. The molecule has 3 rings (SSSR count). The molecule has 1 aromatic carbocycles. The molecule has 2 heterocycles. The molecule has 1 aromatic heterocycles. The number of morpholine rings is 1. The molecule has 1 aliphatic rings. The zero-order valence-electron chi connectivity index (χ0n) is 13.8. The number of esters is 1. The number of nitrogens with zero attached hydrogens (tertiary/aromatic N) is 2. The van der Waals surface area contributed by atoms with Gasteiger partial charge in [0.15, 0.2) is 0 Å². The van der Waals surface area contributed by atoms with Crippen molar-refractivity contribution in [3.8, 4) is 0 Å². The summed E-state index contributed by atoms with van der Waals surface area (Å²) in [7, 11) is 0. The molecule has 0 unspecified atom stereocenters. The predicted molar refractivity (Wildman–Crippen MR) is 89.9 cm³/mol. The van der Waals surface area contributed by atoms with E-state index in [9.17, 15) is 4.79 Å². The van der Waals surface area contributed by atoms with Crippen molar-refractivity contribution in [1.29, 1.82) is 0 Å². The number of fused-ring (bicyclic) bond motifs is 1. The summed E-state index contributed by atoms with van der Waals surface area (Å²) < 4.78 is 10.9. The van der Waals surface area contributed by atoms with Crippen LogP contribution in [0.3, 0.4) is 0 Å². The van der Waals surface area contributed by atoms with Crippen LogP contribution in [0, 0.1) is 0 Å². The lowest BCUT2D eigenvalue weighted by Crippen LogP contribution is -2.45. The quantitative estimate of drug-likeness (QED) is 0.815. The fraction of sp³-hybridized carbons (Fsp3) is 0.444. The fourth-order valence-electron chi connectivity index (χ4n) is 3.11. The van der Waals surface area contributed by atoms with Gasteiger partial charge in [-0.3, -0.25) is 4.98 Å². The molecule has 0 radical (unpaired) electrons. The summed E-state index contributed by atoms with van der Waals surface area (Å²) in [6.45, 7) is 8.00. The Kier molecular flexibility index (Phi) is 4.48. The minimum absolute atomic E-state index is 0.188. The Hall–Kier alpha value is -2.14. The van der Waals surface area contributed by atoms with Crippen molar-refractivity contribution in [2.75, 3.05) is 24.6 Å². The number of aromatic nitrogens is 1. The molecule has 1 fully saturated rings. The molecular weight excluding hydrogens is 292 g/mol. The van der Waals surface area contributed by atoms with Gasteiger partial charge in [0.1, 0.15) is 0 Å². The summed E-state index contributed by atoms with van der Waals surface area (Å²) in [4.78, 5) is 18.8. The molecule has 1 aliphatic heterocycles. The first-order chi connectivity index (χ1) is 11.1. The first-order valence-electron chi connectivity index (χ1n) is 8.04. The van der Waals surface area contributed by atoms with Crippen LogP contribution in [-0.4, -0.2) is 42.9 Å². The monoisotopic (exact) mass is 314 g/mol. The number of carbonyl (C=O) groups is 1. The smallest absolute Gasteiger partial charge is 0.338 e. The standard InChI is InChI=1S/C18H22N2O3/c1-4-22-18(21)15-7-8-19-17-6-5-14(9-16(15)17)20-10-12(2)23-13(3)11-20/h5-9,12-13H,4,10-11H2,1-3H3/t12-,13-/m0/s1. The summed E-state index contributed by atoms with van der Waals surface area (Å²) in [6.07, 6.45) is 2.02. The first-order valence-corrected chi connectivity index (χ1v) is 8.04. The lowest BCUT2D eigenvalue weighted by molar-refractivity contribution is -0.00521. The van der Waals surface area contributed by atoms with E-state index in [1.165, 1.54) is 0 Å². The van der Waals surface area contributed by atoms with Crippen LogP contribution in [0.25, 0.3) is 10.9 Å². The van der Waals surface area contributed by atoms with Gasteiger partial charge in [-0.15, -0.1) is 0 Å². The van der Waals surface area contributed by atoms with E-state index in [0.717, 1.165) is 29.7 Å². The average molecular weight is 314 g/mol. The van der Waals surface area contributed by atoms with Crippen LogP contribution in [0.5, 0.6) is 0 Å². The molecule has 0 saturated carbocycles. The third kappa shape index (κ3) is 3.29. The zero-order chi connectivity index (χ0) is 16.4. The van der Waals surface area contributed by atoms with Crippen LogP contribution in [0.15, 0.2) is 30.5 Å². The van der Waals surface area contributed by atoms with Crippen LogP contribution in [0.1, 0.15) is 31.1 Å². The average Bonchev–Trinajstić information content (AvgIpc) is 2.53. The highest BCUT2D eigenvalue weighted by molar-refractivity contribution is 6.04. The Morgan fingerprint density at radius 2 is 2.04 bits per heavy atom. The van der Waals surface area contributed by atoms with E-state index in [1.807, 2.05) is 19.1 Å². The topological polar surface area (TPSA) is 51.7 Å². The van der Waals surface area contributed by atoms with Crippen molar-refractivity contribution in [2.24, 2.45) is 0 Å². The van der Waals surface area contributed by atoms with Crippen LogP contribution in [0.2, 0.25) is 0 Å². The minimum atomic E-state index is -0.305. The highest BCUT2D eigenvalue weighted by atomic mass is 16.5. The molecule has 1 saturated heterocycles. The lowest BCUT2D eigenvalue weighted by atomic mass is 10.1. The van der Waals surface area contributed by atoms with Crippen molar-refractivity contribution in [2.45, 2.75) is 33.0 Å². The summed E-state index contributed by atoms with van der Waals surface area (Å²) in [6, 6.07) is 7.75. The van der Waals surface area contributed by atoms with Crippen LogP contribution in [0.4, 0.5) is 5.69 Å². The molecule has 0 aliphatic carbocycles. The van der Waals surface area contributed by atoms with E-state index in [0.29, 0.717) is 12.2 Å². The van der Waals surface area contributed by atoms with Crippen LogP contribution >= 0.6 is 0 Å². The largest absolute Gasteiger partial charge is 0.462 e. The second-order valence-electron chi connectivity index (χ2n) is 5.94. The molecule has 0 bridgehead atoms. The van der Waals surface area contributed by atoms with Crippen molar-refractivity contribution in [3.05, 3.63) is 36.0 Å². The van der Waals surface area contributed by atoms with Crippen LogP contribution in [-0.2, 0) is 9.47 Å². The normalized spacial score (nSPS) is 21.4. The maximum atomic E-state index is 12.2. The molecule has 0 amide bonds. The van der Waals surface area contributed by atoms with E-state index in [1.54, 1.807) is 12.3 Å². The zero-order valence-corrected chi connectivity index (χ0v) is 13.8. The SMILES string of the molecule is CCOC(=O)c1ccnc2ccc(N3C[C@H](C)O[C@@H](C)C3)cc12. The molecule has 0 spiro atoms. The number of hydrogen-bond acceptors (Lipinski definition) is 5. The van der Waals surface area contributed by atoms with Gasteiger partial charge in [-0.25, -0.2) is 4.79 Å². The summed E-state index contributed by atoms with van der Waals surface area (Å²) in [5, 5.41) is 0.829. The number of anilines is 1. The highest BCUT2D eigenvalue weighted by Gasteiger charge is 2.23. The second-order valence-corrected chi connectivity index (χ2v) is 5.94.